The van der Waals surface area contributed by atoms with Crippen LogP contribution in [0.5, 0.6) is 0 Å². The predicted octanol–water partition coefficient (Wildman–Crippen LogP) is 2.34. The number of aromatic nitrogens is 1. The molecule has 0 aliphatic heterocycles. The Bertz CT molecular complexity index is 286. The van der Waals surface area contributed by atoms with E-state index in [4.69, 9.17) is 0 Å². The topological polar surface area (TPSA) is 26.9 Å². The first-order valence-corrected chi connectivity index (χ1v) is 4.82. The highest BCUT2D eigenvalue weighted by molar-refractivity contribution is 9.10. The fourth-order valence-corrected chi connectivity index (χ4v) is 1.64. The van der Waals surface area contributed by atoms with Gasteiger partial charge in [0.05, 0.1) is 4.47 Å². The van der Waals surface area contributed by atoms with Gasteiger partial charge in [0.25, 0.3) is 0 Å². The van der Waals surface area contributed by atoms with Crippen molar-refractivity contribution < 1.29 is 4.73 Å². The largest absolute Gasteiger partial charge is 0.618 e. The first-order valence-electron chi connectivity index (χ1n) is 4.03. The predicted molar refractivity (Wildman–Crippen MR) is 51.8 cm³/mol. The van der Waals surface area contributed by atoms with Crippen LogP contribution in [0.3, 0.4) is 0 Å². The molecule has 66 valence electrons. The van der Waals surface area contributed by atoms with Crippen molar-refractivity contribution in [3.8, 4) is 0 Å². The van der Waals surface area contributed by atoms with Crippen LogP contribution in [0.25, 0.3) is 0 Å². The molecule has 0 aliphatic rings. The molecule has 0 aromatic carbocycles. The molecule has 0 atom stereocenters. The van der Waals surface area contributed by atoms with Crippen molar-refractivity contribution in [2.45, 2.75) is 26.7 Å². The molecule has 1 rings (SSSR count). The lowest BCUT2D eigenvalue weighted by molar-refractivity contribution is -0.613. The lowest BCUT2D eigenvalue weighted by atomic mass is 10.1. The maximum Gasteiger partial charge on any atom is 0.194 e. The molecule has 0 amide bonds. The Kier molecular flexibility index (Phi) is 3.09. The summed E-state index contributed by atoms with van der Waals surface area (Å²) in [5.74, 6) is 0. The van der Waals surface area contributed by atoms with Gasteiger partial charge < -0.3 is 5.21 Å². The average Bonchev–Trinajstić information content (AvgIpc) is 2.00. The Morgan fingerprint density at radius 3 is 2.83 bits per heavy atom. The van der Waals surface area contributed by atoms with E-state index in [0.29, 0.717) is 0 Å². The van der Waals surface area contributed by atoms with Crippen molar-refractivity contribution in [1.29, 1.82) is 0 Å². The highest BCUT2D eigenvalue weighted by Gasteiger charge is 2.07. The summed E-state index contributed by atoms with van der Waals surface area (Å²) in [7, 11) is 0. The molecule has 0 saturated carbocycles. The van der Waals surface area contributed by atoms with Crippen molar-refractivity contribution in [2.24, 2.45) is 0 Å². The van der Waals surface area contributed by atoms with Gasteiger partial charge in [0, 0.05) is 12.5 Å². The summed E-state index contributed by atoms with van der Waals surface area (Å²) in [5.41, 5.74) is 1.93. The Balaban J connectivity index is 3.09. The van der Waals surface area contributed by atoms with E-state index in [0.717, 1.165) is 33.3 Å². The van der Waals surface area contributed by atoms with Crippen LogP contribution in [0.4, 0.5) is 0 Å². The summed E-state index contributed by atoms with van der Waals surface area (Å²) in [6.07, 6.45) is 3.57. The number of aryl methyl sites for hydroxylation is 1. The normalized spacial score (nSPS) is 10.2. The minimum absolute atomic E-state index is 0.806. The van der Waals surface area contributed by atoms with Crippen LogP contribution in [-0.4, -0.2) is 0 Å². The van der Waals surface area contributed by atoms with Crippen molar-refractivity contribution in [2.75, 3.05) is 0 Å². The third-order valence-electron chi connectivity index (χ3n) is 1.87. The Labute approximate surface area is 80.9 Å². The minimum atomic E-state index is 0.806. The van der Waals surface area contributed by atoms with E-state index in [1.165, 1.54) is 6.20 Å². The zero-order valence-corrected chi connectivity index (χ0v) is 8.89. The second-order valence-corrected chi connectivity index (χ2v) is 3.76. The van der Waals surface area contributed by atoms with Gasteiger partial charge in [0.15, 0.2) is 11.9 Å². The maximum atomic E-state index is 11.2. The van der Waals surface area contributed by atoms with Gasteiger partial charge in [-0.15, -0.1) is 0 Å². The molecule has 3 heteroatoms. The molecule has 1 aromatic rings. The van der Waals surface area contributed by atoms with Gasteiger partial charge in [-0.2, -0.15) is 4.73 Å². The second kappa shape index (κ2) is 3.90. The minimum Gasteiger partial charge on any atom is -0.618 e. The van der Waals surface area contributed by atoms with E-state index in [1.807, 2.05) is 13.0 Å². The first-order chi connectivity index (χ1) is 5.65. The number of halogens is 1. The van der Waals surface area contributed by atoms with Gasteiger partial charge in [0.2, 0.25) is 0 Å². The summed E-state index contributed by atoms with van der Waals surface area (Å²) >= 11 is 3.30. The van der Waals surface area contributed by atoms with Crippen LogP contribution in [0.15, 0.2) is 16.7 Å². The maximum absolute atomic E-state index is 11.2. The fraction of sp³-hybridized carbons (Fsp3) is 0.444. The van der Waals surface area contributed by atoms with Crippen molar-refractivity contribution in [3.63, 3.8) is 0 Å². The van der Waals surface area contributed by atoms with E-state index in [9.17, 15) is 5.21 Å². The molecule has 0 spiro atoms. The average molecular weight is 230 g/mol. The number of hydrogen-bond acceptors (Lipinski definition) is 1. The van der Waals surface area contributed by atoms with E-state index in [-0.39, 0.29) is 0 Å². The zero-order chi connectivity index (χ0) is 9.14. The van der Waals surface area contributed by atoms with E-state index >= 15 is 0 Å². The molecular formula is C9H12BrNO. The van der Waals surface area contributed by atoms with Gasteiger partial charge >= 0.3 is 0 Å². The molecular weight excluding hydrogens is 218 g/mol. The molecule has 0 unspecified atom stereocenters. The molecule has 0 bridgehead atoms. The van der Waals surface area contributed by atoms with Crippen LogP contribution in [-0.2, 0) is 6.42 Å². The Hall–Kier alpha value is -0.570. The second-order valence-electron chi connectivity index (χ2n) is 2.84. The lowest BCUT2D eigenvalue weighted by Crippen LogP contribution is -2.30. The van der Waals surface area contributed by atoms with Crippen molar-refractivity contribution in [3.05, 3.63) is 33.2 Å². The first kappa shape index (κ1) is 9.52. The van der Waals surface area contributed by atoms with Crippen LogP contribution >= 0.6 is 15.9 Å². The third kappa shape index (κ3) is 1.97. The van der Waals surface area contributed by atoms with Gasteiger partial charge in [0.1, 0.15) is 0 Å². The number of hydrogen-bond donors (Lipinski definition) is 0. The van der Waals surface area contributed by atoms with E-state index < -0.39 is 0 Å². The molecule has 0 saturated heterocycles. The molecule has 0 fully saturated rings. The summed E-state index contributed by atoms with van der Waals surface area (Å²) in [5, 5.41) is 11.2. The number of nitrogens with zero attached hydrogens (tertiary/aromatic N) is 1. The molecule has 0 N–H and O–H groups in total. The monoisotopic (exact) mass is 229 g/mol. The van der Waals surface area contributed by atoms with Gasteiger partial charge in [-0.1, -0.05) is 13.3 Å². The van der Waals surface area contributed by atoms with Gasteiger partial charge in [-0.05, 0) is 28.4 Å². The molecule has 1 aromatic heterocycles. The van der Waals surface area contributed by atoms with Crippen LogP contribution in [0.1, 0.15) is 24.6 Å². The standard InChI is InChI=1S/C9H12BrNO/c1-3-4-8-5-9(10)6-11(12)7(8)2/h5-6H,3-4H2,1-2H3. The third-order valence-corrected chi connectivity index (χ3v) is 2.30. The molecule has 0 aliphatic carbocycles. The Morgan fingerprint density at radius 2 is 2.25 bits per heavy atom. The number of rotatable bonds is 2. The smallest absolute Gasteiger partial charge is 0.194 e. The highest BCUT2D eigenvalue weighted by Crippen LogP contribution is 2.13. The fourth-order valence-electron chi connectivity index (χ4n) is 1.18. The summed E-state index contributed by atoms with van der Waals surface area (Å²) < 4.78 is 1.77. The molecule has 12 heavy (non-hydrogen) atoms. The quantitative estimate of drug-likeness (QED) is 0.565. The number of pyridine rings is 1. The van der Waals surface area contributed by atoms with Crippen LogP contribution in [0.2, 0.25) is 0 Å². The van der Waals surface area contributed by atoms with Crippen molar-refractivity contribution in [1.82, 2.24) is 0 Å². The van der Waals surface area contributed by atoms with E-state index in [1.54, 1.807) is 0 Å². The van der Waals surface area contributed by atoms with E-state index in [2.05, 4.69) is 22.9 Å². The molecule has 1 heterocycles. The van der Waals surface area contributed by atoms with Crippen LogP contribution in [0, 0.1) is 12.1 Å². The lowest BCUT2D eigenvalue weighted by Gasteiger charge is -2.05. The highest BCUT2D eigenvalue weighted by atomic mass is 79.9. The molecule has 0 radical (unpaired) electrons. The molecule has 2 nitrogen and oxygen atoms in total. The summed E-state index contributed by atoms with van der Waals surface area (Å²) in [6, 6.07) is 2.01. The van der Waals surface area contributed by atoms with Gasteiger partial charge in [-0.25, -0.2) is 0 Å². The van der Waals surface area contributed by atoms with Crippen molar-refractivity contribution >= 4 is 15.9 Å². The Morgan fingerprint density at radius 1 is 1.58 bits per heavy atom. The van der Waals surface area contributed by atoms with Crippen LogP contribution < -0.4 is 4.73 Å². The summed E-state index contributed by atoms with van der Waals surface area (Å²) in [4.78, 5) is 0. The van der Waals surface area contributed by atoms with Gasteiger partial charge in [-0.3, -0.25) is 0 Å². The zero-order valence-electron chi connectivity index (χ0n) is 7.30. The SMILES string of the molecule is CCCc1cc(Br)c[n+]([O-])c1C. The summed E-state index contributed by atoms with van der Waals surface area (Å²) in [6.45, 7) is 3.96.